The lowest BCUT2D eigenvalue weighted by Crippen LogP contribution is -1.98. The van der Waals surface area contributed by atoms with Crippen LogP contribution in [0.25, 0.3) is 76.9 Å². The molecule has 0 aliphatic heterocycles. The van der Waals surface area contributed by atoms with E-state index in [1.54, 1.807) is 0 Å². The first-order valence-corrected chi connectivity index (χ1v) is 15.3. The SMILES string of the molecule is Cc1cnc2c(ccc3c(C)c(C)c(-c4cccc5c(-c6ccc(-c7cccc8ccccc78)cc6)cccc45)nc32)c1C. The van der Waals surface area contributed by atoms with Crippen molar-refractivity contribution in [2.45, 2.75) is 27.7 Å². The van der Waals surface area contributed by atoms with Gasteiger partial charge in [-0.2, -0.15) is 0 Å². The molecule has 210 valence electrons. The highest BCUT2D eigenvalue weighted by Gasteiger charge is 2.17. The number of aryl methyl sites for hydroxylation is 3. The minimum atomic E-state index is 0.973. The third-order valence-electron chi connectivity index (χ3n) is 9.55. The molecule has 0 aliphatic carbocycles. The highest BCUT2D eigenvalue weighted by Crippen LogP contribution is 2.39. The molecular formula is C42H32N2. The fourth-order valence-electron chi connectivity index (χ4n) is 6.81. The van der Waals surface area contributed by atoms with Crippen molar-refractivity contribution in [2.75, 3.05) is 0 Å². The van der Waals surface area contributed by atoms with E-state index in [4.69, 9.17) is 9.97 Å². The molecule has 2 heteroatoms. The Bertz CT molecular complexity index is 2410. The summed E-state index contributed by atoms with van der Waals surface area (Å²) < 4.78 is 0. The van der Waals surface area contributed by atoms with Crippen molar-refractivity contribution >= 4 is 43.4 Å². The Kier molecular flexibility index (Phi) is 6.06. The predicted molar refractivity (Wildman–Crippen MR) is 187 cm³/mol. The zero-order valence-electron chi connectivity index (χ0n) is 25.4. The smallest absolute Gasteiger partial charge is 0.0975 e. The normalized spacial score (nSPS) is 11.6. The van der Waals surface area contributed by atoms with Crippen molar-refractivity contribution in [2.24, 2.45) is 0 Å². The summed E-state index contributed by atoms with van der Waals surface area (Å²) in [4.78, 5) is 10.2. The minimum absolute atomic E-state index is 0.973. The van der Waals surface area contributed by atoms with Crippen molar-refractivity contribution in [1.29, 1.82) is 0 Å². The van der Waals surface area contributed by atoms with E-state index in [1.165, 1.54) is 76.8 Å². The summed E-state index contributed by atoms with van der Waals surface area (Å²) in [6.07, 6.45) is 1.98. The van der Waals surface area contributed by atoms with Crippen LogP contribution in [0.4, 0.5) is 0 Å². The number of aromatic nitrogens is 2. The van der Waals surface area contributed by atoms with Crippen LogP contribution in [0.15, 0.2) is 121 Å². The van der Waals surface area contributed by atoms with E-state index < -0.39 is 0 Å². The summed E-state index contributed by atoms with van der Waals surface area (Å²) in [5.41, 5.74) is 14.0. The lowest BCUT2D eigenvalue weighted by Gasteiger charge is -2.16. The second-order valence-electron chi connectivity index (χ2n) is 11.9. The van der Waals surface area contributed by atoms with Gasteiger partial charge in [0.15, 0.2) is 0 Å². The number of fused-ring (bicyclic) bond motifs is 5. The van der Waals surface area contributed by atoms with E-state index >= 15 is 0 Å². The fraction of sp³-hybridized carbons (Fsp3) is 0.0952. The van der Waals surface area contributed by atoms with E-state index in [-0.39, 0.29) is 0 Å². The van der Waals surface area contributed by atoms with Crippen molar-refractivity contribution in [3.05, 3.63) is 144 Å². The van der Waals surface area contributed by atoms with Gasteiger partial charge < -0.3 is 0 Å². The maximum absolute atomic E-state index is 5.36. The maximum Gasteiger partial charge on any atom is 0.0975 e. The van der Waals surface area contributed by atoms with E-state index in [0.29, 0.717) is 0 Å². The molecule has 0 saturated heterocycles. The van der Waals surface area contributed by atoms with E-state index in [0.717, 1.165) is 22.3 Å². The summed E-state index contributed by atoms with van der Waals surface area (Å²) in [7, 11) is 0. The molecule has 0 spiro atoms. The molecule has 0 amide bonds. The van der Waals surface area contributed by atoms with Crippen molar-refractivity contribution in [3.63, 3.8) is 0 Å². The summed E-state index contributed by atoms with van der Waals surface area (Å²) in [5.74, 6) is 0. The molecule has 0 aliphatic rings. The van der Waals surface area contributed by atoms with Gasteiger partial charge in [0.25, 0.3) is 0 Å². The second kappa shape index (κ2) is 10.1. The number of hydrogen-bond donors (Lipinski definition) is 0. The molecular weight excluding hydrogens is 532 g/mol. The molecule has 0 unspecified atom stereocenters. The van der Waals surface area contributed by atoms with Crippen LogP contribution < -0.4 is 0 Å². The molecule has 6 aromatic carbocycles. The topological polar surface area (TPSA) is 25.8 Å². The Labute approximate surface area is 257 Å². The van der Waals surface area contributed by atoms with Gasteiger partial charge in [-0.05, 0) is 93.7 Å². The summed E-state index contributed by atoms with van der Waals surface area (Å²) in [5, 5.41) is 7.31. The molecule has 0 fully saturated rings. The highest BCUT2D eigenvalue weighted by molar-refractivity contribution is 6.09. The van der Waals surface area contributed by atoms with Crippen LogP contribution in [0, 0.1) is 27.7 Å². The van der Waals surface area contributed by atoms with Gasteiger partial charge in [-0.25, -0.2) is 4.98 Å². The van der Waals surface area contributed by atoms with Gasteiger partial charge in [0.1, 0.15) is 0 Å². The van der Waals surface area contributed by atoms with Gasteiger partial charge in [-0.3, -0.25) is 4.98 Å². The molecule has 0 saturated carbocycles. The van der Waals surface area contributed by atoms with E-state index in [1.807, 2.05) is 6.20 Å². The summed E-state index contributed by atoms with van der Waals surface area (Å²) in [6, 6.07) is 41.8. The number of pyridine rings is 2. The second-order valence-corrected chi connectivity index (χ2v) is 11.9. The number of rotatable bonds is 3. The molecule has 2 aromatic heterocycles. The van der Waals surface area contributed by atoms with Crippen molar-refractivity contribution in [1.82, 2.24) is 9.97 Å². The predicted octanol–water partition coefficient (Wildman–Crippen LogP) is 11.3. The lowest BCUT2D eigenvalue weighted by molar-refractivity contribution is 1.26. The Morgan fingerprint density at radius 2 is 0.955 bits per heavy atom. The average molecular weight is 565 g/mol. The average Bonchev–Trinajstić information content (AvgIpc) is 3.07. The van der Waals surface area contributed by atoms with E-state index in [2.05, 4.69) is 143 Å². The number of benzene rings is 6. The quantitative estimate of drug-likeness (QED) is 0.199. The Hall–Kier alpha value is -5.34. The van der Waals surface area contributed by atoms with Gasteiger partial charge in [-0.1, -0.05) is 115 Å². The van der Waals surface area contributed by atoms with Crippen LogP contribution in [0.1, 0.15) is 22.3 Å². The molecule has 8 aromatic rings. The van der Waals surface area contributed by atoms with Crippen LogP contribution in [0.5, 0.6) is 0 Å². The first-order chi connectivity index (χ1) is 21.5. The van der Waals surface area contributed by atoms with Gasteiger partial charge in [0.05, 0.1) is 16.7 Å². The minimum Gasteiger partial charge on any atom is -0.254 e. The molecule has 44 heavy (non-hydrogen) atoms. The maximum atomic E-state index is 5.36. The van der Waals surface area contributed by atoms with Crippen molar-refractivity contribution in [3.8, 4) is 33.5 Å². The van der Waals surface area contributed by atoms with Gasteiger partial charge in [0, 0.05) is 22.5 Å². The monoisotopic (exact) mass is 564 g/mol. The first kappa shape index (κ1) is 26.3. The molecule has 2 nitrogen and oxygen atoms in total. The summed E-state index contributed by atoms with van der Waals surface area (Å²) >= 11 is 0. The molecule has 0 atom stereocenters. The third kappa shape index (κ3) is 4.02. The molecule has 0 N–H and O–H groups in total. The number of nitrogens with zero attached hydrogens (tertiary/aromatic N) is 2. The third-order valence-corrected chi connectivity index (χ3v) is 9.55. The van der Waals surface area contributed by atoms with Gasteiger partial charge >= 0.3 is 0 Å². The van der Waals surface area contributed by atoms with Crippen LogP contribution >= 0.6 is 0 Å². The van der Waals surface area contributed by atoms with Crippen LogP contribution in [0.3, 0.4) is 0 Å². The zero-order valence-corrected chi connectivity index (χ0v) is 25.4. The Morgan fingerprint density at radius 1 is 0.409 bits per heavy atom. The Morgan fingerprint density at radius 3 is 1.68 bits per heavy atom. The molecule has 0 radical (unpaired) electrons. The van der Waals surface area contributed by atoms with Crippen LogP contribution in [-0.2, 0) is 0 Å². The molecule has 8 rings (SSSR count). The largest absolute Gasteiger partial charge is 0.254 e. The fourth-order valence-corrected chi connectivity index (χ4v) is 6.81. The molecule has 0 bridgehead atoms. The zero-order chi connectivity index (χ0) is 29.9. The van der Waals surface area contributed by atoms with E-state index in [9.17, 15) is 0 Å². The van der Waals surface area contributed by atoms with Crippen LogP contribution in [-0.4, -0.2) is 9.97 Å². The number of hydrogen-bond acceptors (Lipinski definition) is 2. The van der Waals surface area contributed by atoms with Crippen LogP contribution in [0.2, 0.25) is 0 Å². The molecule has 2 heterocycles. The first-order valence-electron chi connectivity index (χ1n) is 15.3. The standard InChI is InChI=1S/C42H32N2/c1-25-24-43-41-32(26(25)2)22-23-33-27(3)28(4)40(44-42(33)41)39-17-9-15-37-36(14-8-16-38(37)39)31-20-18-30(19-21-31)35-13-7-11-29-10-5-6-12-34(29)35/h5-24H,1-4H3. The van der Waals surface area contributed by atoms with Crippen molar-refractivity contribution < 1.29 is 0 Å². The van der Waals surface area contributed by atoms with Gasteiger partial charge in [-0.15, -0.1) is 0 Å². The Balaban J connectivity index is 1.28. The lowest BCUT2D eigenvalue weighted by atomic mass is 9.91. The summed E-state index contributed by atoms with van der Waals surface area (Å²) in [6.45, 7) is 8.71. The highest BCUT2D eigenvalue weighted by atomic mass is 14.8. The van der Waals surface area contributed by atoms with Gasteiger partial charge in [0.2, 0.25) is 0 Å².